The summed E-state index contributed by atoms with van der Waals surface area (Å²) in [6.07, 6.45) is 2.08. The Kier molecular flexibility index (Phi) is 5.55. The van der Waals surface area contributed by atoms with Gasteiger partial charge in [-0.25, -0.2) is 27.5 Å². The number of halogens is 4. The molecule has 3 heterocycles. The molecule has 1 aromatic carbocycles. The second kappa shape index (κ2) is 8.19. The summed E-state index contributed by atoms with van der Waals surface area (Å²) in [5, 5.41) is 3.21. The minimum atomic E-state index is -2.70. The Hall–Kier alpha value is -2.73. The first-order valence-electron chi connectivity index (χ1n) is 10.5. The lowest BCUT2D eigenvalue weighted by Gasteiger charge is -2.39. The van der Waals surface area contributed by atoms with Crippen molar-refractivity contribution < 1.29 is 31.8 Å². The van der Waals surface area contributed by atoms with Crippen LogP contribution in [0.15, 0.2) is 35.6 Å². The van der Waals surface area contributed by atoms with Crippen LogP contribution < -0.4 is 10.1 Å². The third-order valence-corrected chi connectivity index (χ3v) is 7.27. The number of hydrogen-bond donors (Lipinski definition) is 1. The number of nitrogens with one attached hydrogen (secondary N) is 1. The van der Waals surface area contributed by atoms with Gasteiger partial charge in [-0.15, -0.1) is 11.8 Å². The van der Waals surface area contributed by atoms with Crippen molar-refractivity contribution in [1.29, 1.82) is 0 Å². The molecule has 1 aliphatic carbocycles. The smallest absolute Gasteiger partial charge is 0.275 e. The Balaban J connectivity index is 1.32. The Labute approximate surface area is 196 Å². The molecule has 2 fully saturated rings. The minimum absolute atomic E-state index is 0.00309. The van der Waals surface area contributed by atoms with Crippen molar-refractivity contribution in [2.24, 2.45) is 10.9 Å². The van der Waals surface area contributed by atoms with Crippen molar-refractivity contribution in [3.05, 3.63) is 47.7 Å². The van der Waals surface area contributed by atoms with Gasteiger partial charge in [0.15, 0.2) is 5.67 Å². The van der Waals surface area contributed by atoms with Gasteiger partial charge in [-0.05, 0) is 25.1 Å². The van der Waals surface area contributed by atoms with Crippen LogP contribution in [0.3, 0.4) is 0 Å². The van der Waals surface area contributed by atoms with E-state index >= 15 is 4.39 Å². The molecule has 5 rings (SSSR count). The van der Waals surface area contributed by atoms with Crippen molar-refractivity contribution in [2.75, 3.05) is 30.9 Å². The molecule has 1 saturated carbocycles. The molecule has 0 radical (unpaired) electrons. The number of nitrogens with zero attached hydrogens (tertiary/aromatic N) is 3. The maximum atomic E-state index is 15.7. The van der Waals surface area contributed by atoms with Crippen LogP contribution in [-0.2, 0) is 10.3 Å². The molecular weight excluding hydrogens is 476 g/mol. The molecular formula is C22H20F4N4O3S. The summed E-state index contributed by atoms with van der Waals surface area (Å²) in [4.78, 5) is 24.9. The molecule has 7 nitrogen and oxygen atoms in total. The number of thioether (sulfide) groups is 1. The molecule has 34 heavy (non-hydrogen) atoms. The van der Waals surface area contributed by atoms with Gasteiger partial charge in [0.05, 0.1) is 43.2 Å². The predicted octanol–water partition coefficient (Wildman–Crippen LogP) is 4.00. The molecule has 1 N–H and O–H groups in total. The molecule has 1 unspecified atom stereocenters. The average Bonchev–Trinajstić information content (AvgIpc) is 3.27. The topological polar surface area (TPSA) is 85.7 Å². The number of anilines is 1. The van der Waals surface area contributed by atoms with Crippen molar-refractivity contribution in [1.82, 2.24) is 9.97 Å². The quantitative estimate of drug-likeness (QED) is 0.609. The number of alkyl halides is 3. The standard InChI is InChI=1S/C22H20F4N4O3S/c1-12-30-21(10-32-9-20(21,24)11-34-12)15-4-14(2-3-16(15)23)29-19(31)17-6-28-18(7-27-17)33-8-13-5-22(13,25)26/h2-4,6-7,13H,5,8-11H2,1H3,(H,29,31)/t13?,20-,21-/m1/s1. The Morgan fingerprint density at radius 1 is 1.26 bits per heavy atom. The van der Waals surface area contributed by atoms with E-state index in [1.807, 2.05) is 0 Å². The van der Waals surface area contributed by atoms with Crippen LogP contribution in [0.1, 0.15) is 29.4 Å². The number of benzene rings is 1. The molecule has 3 atom stereocenters. The van der Waals surface area contributed by atoms with E-state index in [-0.39, 0.29) is 54.8 Å². The van der Waals surface area contributed by atoms with E-state index < -0.39 is 34.8 Å². The number of aromatic nitrogens is 2. The lowest BCUT2D eigenvalue weighted by atomic mass is 9.79. The number of hydrogen-bond acceptors (Lipinski definition) is 7. The highest BCUT2D eigenvalue weighted by molar-refractivity contribution is 8.14. The summed E-state index contributed by atoms with van der Waals surface area (Å²) in [7, 11) is 0. The monoisotopic (exact) mass is 496 g/mol. The van der Waals surface area contributed by atoms with Gasteiger partial charge < -0.3 is 14.8 Å². The Morgan fingerprint density at radius 2 is 2.06 bits per heavy atom. The normalized spacial score (nSPS) is 29.2. The molecule has 2 aliphatic heterocycles. The number of fused-ring (bicyclic) bond motifs is 1. The number of ether oxygens (including phenoxy) is 2. The van der Waals surface area contributed by atoms with E-state index in [0.29, 0.717) is 5.04 Å². The molecule has 2 aromatic rings. The first-order chi connectivity index (χ1) is 16.1. The summed E-state index contributed by atoms with van der Waals surface area (Å²) in [6.45, 7) is 1.23. The summed E-state index contributed by atoms with van der Waals surface area (Å²) in [5.74, 6) is -4.73. The van der Waals surface area contributed by atoms with E-state index in [0.717, 1.165) is 18.5 Å². The Bertz CT molecular complexity index is 1170. The summed E-state index contributed by atoms with van der Waals surface area (Å²) in [5.41, 5.74) is -3.28. The van der Waals surface area contributed by atoms with Gasteiger partial charge in [-0.1, -0.05) is 0 Å². The molecule has 1 aromatic heterocycles. The van der Waals surface area contributed by atoms with Crippen LogP contribution in [0.5, 0.6) is 5.88 Å². The van der Waals surface area contributed by atoms with Crippen molar-refractivity contribution in [2.45, 2.75) is 30.5 Å². The van der Waals surface area contributed by atoms with Gasteiger partial charge in [0.25, 0.3) is 11.8 Å². The third-order valence-electron chi connectivity index (χ3n) is 6.16. The van der Waals surface area contributed by atoms with Crippen LogP contribution in [0.4, 0.5) is 23.2 Å². The molecule has 180 valence electrons. The molecule has 3 aliphatic rings. The van der Waals surface area contributed by atoms with Crippen molar-refractivity contribution in [3.63, 3.8) is 0 Å². The fourth-order valence-corrected chi connectivity index (χ4v) is 5.04. The van der Waals surface area contributed by atoms with E-state index in [9.17, 15) is 18.0 Å². The second-order valence-corrected chi connectivity index (χ2v) is 9.77. The van der Waals surface area contributed by atoms with Gasteiger partial charge >= 0.3 is 0 Å². The van der Waals surface area contributed by atoms with Gasteiger partial charge in [0.1, 0.15) is 17.1 Å². The number of carbonyl (C=O) groups is 1. The zero-order valence-electron chi connectivity index (χ0n) is 18.0. The van der Waals surface area contributed by atoms with Crippen LogP contribution in [0.25, 0.3) is 0 Å². The zero-order chi connectivity index (χ0) is 24.1. The van der Waals surface area contributed by atoms with Crippen molar-refractivity contribution >= 4 is 28.4 Å². The third kappa shape index (κ3) is 4.02. The van der Waals surface area contributed by atoms with Crippen molar-refractivity contribution in [3.8, 4) is 5.88 Å². The minimum Gasteiger partial charge on any atom is -0.476 e. The predicted molar refractivity (Wildman–Crippen MR) is 117 cm³/mol. The molecule has 1 saturated heterocycles. The number of carbonyl (C=O) groups excluding carboxylic acids is 1. The van der Waals surface area contributed by atoms with E-state index in [2.05, 4.69) is 20.3 Å². The zero-order valence-corrected chi connectivity index (χ0v) is 18.8. The molecule has 0 spiro atoms. The van der Waals surface area contributed by atoms with E-state index in [4.69, 9.17) is 9.47 Å². The molecule has 12 heteroatoms. The number of rotatable bonds is 6. The van der Waals surface area contributed by atoms with E-state index in [1.54, 1.807) is 6.92 Å². The lowest BCUT2D eigenvalue weighted by Crippen LogP contribution is -2.51. The average molecular weight is 496 g/mol. The van der Waals surface area contributed by atoms with Crippen LogP contribution in [0.2, 0.25) is 0 Å². The molecule has 0 bridgehead atoms. The first-order valence-corrected chi connectivity index (χ1v) is 11.5. The highest BCUT2D eigenvalue weighted by Gasteiger charge is 2.61. The van der Waals surface area contributed by atoms with Crippen LogP contribution in [-0.4, -0.2) is 58.1 Å². The fraction of sp³-hybridized carbons (Fsp3) is 0.455. The number of aliphatic imine (C=N–C) groups is 1. The SMILES string of the molecule is CC1=N[C@@]2(c3cc(NC(=O)c4cnc(OCC5CC5(F)F)cn4)ccc3F)COC[C@@]2(F)CS1. The maximum Gasteiger partial charge on any atom is 0.275 e. The van der Waals surface area contributed by atoms with E-state index in [1.165, 1.54) is 23.9 Å². The van der Waals surface area contributed by atoms with Crippen LogP contribution in [0, 0.1) is 11.7 Å². The summed E-state index contributed by atoms with van der Waals surface area (Å²) in [6, 6.07) is 3.84. The second-order valence-electron chi connectivity index (χ2n) is 8.60. The fourth-order valence-electron chi connectivity index (χ4n) is 4.06. The van der Waals surface area contributed by atoms with Gasteiger partial charge in [0.2, 0.25) is 5.88 Å². The largest absolute Gasteiger partial charge is 0.476 e. The number of amides is 1. The van der Waals surface area contributed by atoms with Crippen LogP contribution >= 0.6 is 11.8 Å². The van der Waals surface area contributed by atoms with Gasteiger partial charge in [-0.2, -0.15) is 0 Å². The molecule has 1 amide bonds. The summed E-state index contributed by atoms with van der Waals surface area (Å²) >= 11 is 1.25. The van der Waals surface area contributed by atoms with Gasteiger partial charge in [-0.3, -0.25) is 9.79 Å². The Morgan fingerprint density at radius 3 is 2.76 bits per heavy atom. The maximum absolute atomic E-state index is 15.7. The first kappa shape index (κ1) is 23.0. The highest BCUT2D eigenvalue weighted by atomic mass is 32.2. The lowest BCUT2D eigenvalue weighted by molar-refractivity contribution is 0.0849. The van der Waals surface area contributed by atoms with Gasteiger partial charge in [0, 0.05) is 23.4 Å². The highest BCUT2D eigenvalue weighted by Crippen LogP contribution is 2.51. The summed E-state index contributed by atoms with van der Waals surface area (Å²) < 4.78 is 67.0.